The van der Waals surface area contributed by atoms with Gasteiger partial charge in [-0.15, -0.1) is 0 Å². The van der Waals surface area contributed by atoms with Gasteiger partial charge < -0.3 is 14.5 Å². The van der Waals surface area contributed by atoms with E-state index in [1.165, 1.54) is 0 Å². The van der Waals surface area contributed by atoms with Crippen LogP contribution >= 0.6 is 0 Å². The predicted molar refractivity (Wildman–Crippen MR) is 172 cm³/mol. The Morgan fingerprint density at radius 3 is 2.39 bits per heavy atom. The number of fused-ring (bicyclic) bond motifs is 1. The van der Waals surface area contributed by atoms with Crippen LogP contribution in [0.2, 0.25) is 0 Å². The van der Waals surface area contributed by atoms with Crippen molar-refractivity contribution in [2.75, 3.05) is 0 Å². The van der Waals surface area contributed by atoms with Crippen molar-refractivity contribution in [2.24, 2.45) is 5.92 Å². The maximum atomic E-state index is 14.3. The number of carbonyl (C=O) groups is 1. The maximum Gasteiger partial charge on any atom is 0.408 e. The molecule has 0 radical (unpaired) electrons. The molecule has 5 aromatic rings. The van der Waals surface area contributed by atoms with Gasteiger partial charge in [0.1, 0.15) is 17.1 Å². The van der Waals surface area contributed by atoms with Gasteiger partial charge in [0.2, 0.25) is 5.43 Å². The van der Waals surface area contributed by atoms with E-state index in [0.29, 0.717) is 33.9 Å². The zero-order chi connectivity index (χ0) is 31.1. The molecule has 8 heteroatoms. The normalized spacial score (nSPS) is 14.4. The fourth-order valence-electron chi connectivity index (χ4n) is 5.74. The van der Waals surface area contributed by atoms with Crippen LogP contribution in [0.15, 0.2) is 88.5 Å². The Morgan fingerprint density at radius 2 is 1.75 bits per heavy atom. The number of nitrogens with zero attached hydrogens (tertiary/aromatic N) is 3. The van der Waals surface area contributed by atoms with Crippen LogP contribution in [0.4, 0.5) is 4.79 Å². The maximum absolute atomic E-state index is 14.3. The molecule has 8 nitrogen and oxygen atoms in total. The minimum absolute atomic E-state index is 0.143. The van der Waals surface area contributed by atoms with Gasteiger partial charge in [-0.2, -0.15) is 5.10 Å². The Hall–Kier alpha value is -4.72. The summed E-state index contributed by atoms with van der Waals surface area (Å²) in [6, 6.07) is 19.1. The van der Waals surface area contributed by atoms with Gasteiger partial charge in [0.05, 0.1) is 17.1 Å². The van der Waals surface area contributed by atoms with E-state index >= 15 is 0 Å². The van der Waals surface area contributed by atoms with E-state index in [1.807, 2.05) is 86.2 Å². The number of hydrogen-bond acceptors (Lipinski definition) is 6. The fourth-order valence-corrected chi connectivity index (χ4v) is 5.74. The number of amides is 1. The van der Waals surface area contributed by atoms with Crippen molar-refractivity contribution in [2.45, 2.75) is 71.6 Å². The van der Waals surface area contributed by atoms with Crippen molar-refractivity contribution >= 4 is 17.1 Å². The van der Waals surface area contributed by atoms with Crippen LogP contribution in [0.5, 0.6) is 0 Å². The Labute approximate surface area is 257 Å². The molecule has 44 heavy (non-hydrogen) atoms. The van der Waals surface area contributed by atoms with E-state index in [4.69, 9.17) is 9.15 Å². The van der Waals surface area contributed by atoms with Gasteiger partial charge in [-0.05, 0) is 63.1 Å². The molecule has 0 unspecified atom stereocenters. The summed E-state index contributed by atoms with van der Waals surface area (Å²) in [7, 11) is 0. The summed E-state index contributed by atoms with van der Waals surface area (Å²) in [6.45, 7) is 10.8. The van der Waals surface area contributed by atoms with Gasteiger partial charge in [-0.1, -0.05) is 68.4 Å². The van der Waals surface area contributed by atoms with Crippen LogP contribution in [0.3, 0.4) is 0 Å². The number of alkyl carbamates (subject to hydrolysis) is 1. The lowest BCUT2D eigenvalue weighted by atomic mass is 9.74. The Balaban J connectivity index is 1.44. The van der Waals surface area contributed by atoms with E-state index in [2.05, 4.69) is 29.2 Å². The third-order valence-corrected chi connectivity index (χ3v) is 7.93. The topological polar surface area (TPSA) is 99.2 Å². The first kappa shape index (κ1) is 29.4. The number of ether oxygens (including phenoxy) is 1. The Morgan fingerprint density at radius 1 is 1.02 bits per heavy atom. The van der Waals surface area contributed by atoms with Crippen molar-refractivity contribution in [1.82, 2.24) is 20.1 Å². The molecule has 0 atom stereocenters. The predicted octanol–water partition coefficient (Wildman–Crippen LogP) is 7.95. The van der Waals surface area contributed by atoms with Gasteiger partial charge in [0, 0.05) is 35.6 Å². The Bertz CT molecular complexity index is 1860. The van der Waals surface area contributed by atoms with Crippen molar-refractivity contribution in [3.8, 4) is 33.7 Å². The fraction of sp³-hybridized carbons (Fsp3) is 0.333. The minimum atomic E-state index is -0.676. The molecule has 3 heterocycles. The average molecular weight is 591 g/mol. The third kappa shape index (κ3) is 5.76. The highest BCUT2D eigenvalue weighted by Crippen LogP contribution is 2.45. The van der Waals surface area contributed by atoms with Crippen molar-refractivity contribution < 1.29 is 13.9 Å². The van der Waals surface area contributed by atoms with E-state index < -0.39 is 17.2 Å². The zero-order valence-electron chi connectivity index (χ0n) is 25.9. The van der Waals surface area contributed by atoms with Crippen molar-refractivity contribution in [1.29, 1.82) is 0 Å². The van der Waals surface area contributed by atoms with Crippen LogP contribution in [-0.2, 0) is 16.9 Å². The molecule has 226 valence electrons. The first-order valence-corrected chi connectivity index (χ1v) is 15.2. The van der Waals surface area contributed by atoms with Crippen LogP contribution < -0.4 is 10.7 Å². The van der Waals surface area contributed by atoms with Crippen molar-refractivity contribution in [3.63, 3.8) is 0 Å². The highest BCUT2D eigenvalue weighted by atomic mass is 16.6. The van der Waals surface area contributed by atoms with Gasteiger partial charge in [0.15, 0.2) is 5.58 Å². The number of pyridine rings is 1. The van der Waals surface area contributed by atoms with Gasteiger partial charge in [-0.25, -0.2) is 4.79 Å². The second kappa shape index (κ2) is 11.4. The molecule has 0 spiro atoms. The molecule has 1 aliphatic carbocycles. The van der Waals surface area contributed by atoms with Gasteiger partial charge >= 0.3 is 6.09 Å². The summed E-state index contributed by atoms with van der Waals surface area (Å²) in [6.07, 6.45) is 7.40. The standard InChI is InChI=1S/C36H38N4O4/c1-23(2)21-40-22-26(20-38-40)30-33-28(16-19-37-30)31(41)29(32(43-33)25-10-7-6-8-11-25)24-12-14-27(15-13-24)36(17-9-18-36)44-34(42)39-35(3,4)5/h6-8,10-16,19-20,22-23H,9,17-18,21H2,1-5H3,(H,39,42). The number of aromatic nitrogens is 3. The largest absolute Gasteiger partial charge is 0.453 e. The molecule has 0 bridgehead atoms. The molecule has 6 rings (SSSR count). The third-order valence-electron chi connectivity index (χ3n) is 7.93. The molecule has 1 fully saturated rings. The molecule has 0 aliphatic heterocycles. The number of carbonyl (C=O) groups excluding carboxylic acids is 1. The van der Waals surface area contributed by atoms with Crippen LogP contribution in [0.25, 0.3) is 44.7 Å². The number of rotatable bonds is 7. The lowest BCUT2D eigenvalue weighted by Crippen LogP contribution is -2.47. The van der Waals surface area contributed by atoms with E-state index in [-0.39, 0.29) is 5.43 Å². The number of hydrogen-bond donors (Lipinski definition) is 1. The summed E-state index contributed by atoms with van der Waals surface area (Å²) in [5.74, 6) is 0.907. The monoisotopic (exact) mass is 590 g/mol. The lowest BCUT2D eigenvalue weighted by Gasteiger charge is -2.42. The smallest absolute Gasteiger partial charge is 0.408 e. The second-order valence-electron chi connectivity index (χ2n) is 13.1. The number of nitrogens with one attached hydrogen (secondary N) is 1. The molecule has 1 saturated carbocycles. The highest BCUT2D eigenvalue weighted by Gasteiger charge is 2.43. The summed E-state index contributed by atoms with van der Waals surface area (Å²) in [5.41, 5.74) is 3.46. The van der Waals surface area contributed by atoms with Crippen LogP contribution in [0, 0.1) is 5.92 Å². The molecule has 3 aromatic heterocycles. The van der Waals surface area contributed by atoms with E-state index in [9.17, 15) is 9.59 Å². The first-order valence-electron chi connectivity index (χ1n) is 15.2. The second-order valence-corrected chi connectivity index (χ2v) is 13.1. The summed E-state index contributed by atoms with van der Waals surface area (Å²) < 4.78 is 14.5. The Kier molecular flexibility index (Phi) is 7.61. The first-order chi connectivity index (χ1) is 21.0. The van der Waals surface area contributed by atoms with Gasteiger partial charge in [0.25, 0.3) is 0 Å². The van der Waals surface area contributed by atoms with E-state index in [1.54, 1.807) is 18.5 Å². The summed E-state index contributed by atoms with van der Waals surface area (Å²) >= 11 is 0. The van der Waals surface area contributed by atoms with Gasteiger partial charge in [-0.3, -0.25) is 14.5 Å². The summed E-state index contributed by atoms with van der Waals surface area (Å²) in [4.78, 5) is 31.6. The summed E-state index contributed by atoms with van der Waals surface area (Å²) in [5, 5.41) is 7.85. The van der Waals surface area contributed by atoms with Crippen LogP contribution in [0.1, 0.15) is 59.4 Å². The SMILES string of the molecule is CC(C)Cn1cc(-c2nccc3c(=O)c(-c4ccc(C5(OC(=O)NC(C)(C)C)CCC5)cc4)c(-c4ccccc4)oc23)cn1. The van der Waals surface area contributed by atoms with Crippen LogP contribution in [-0.4, -0.2) is 26.4 Å². The van der Waals surface area contributed by atoms with E-state index in [0.717, 1.165) is 48.1 Å². The molecule has 1 amide bonds. The molecule has 0 saturated heterocycles. The number of benzene rings is 2. The molecule has 1 aliphatic rings. The molecule has 2 aromatic carbocycles. The molecular formula is C36H38N4O4. The lowest BCUT2D eigenvalue weighted by molar-refractivity contribution is -0.0549. The van der Waals surface area contributed by atoms with Crippen molar-refractivity contribution in [3.05, 3.63) is 95.0 Å². The highest BCUT2D eigenvalue weighted by molar-refractivity contribution is 5.95. The molecular weight excluding hydrogens is 552 g/mol. The average Bonchev–Trinajstić information content (AvgIpc) is 3.42. The minimum Gasteiger partial charge on any atom is -0.453 e. The zero-order valence-corrected chi connectivity index (χ0v) is 25.9. The molecule has 1 N–H and O–H groups in total. The quantitative estimate of drug-likeness (QED) is 0.207.